The smallest absolute Gasteiger partial charge is 0.277 e. The van der Waals surface area contributed by atoms with Gasteiger partial charge in [0.2, 0.25) is 0 Å². The van der Waals surface area contributed by atoms with Crippen molar-refractivity contribution in [3.63, 3.8) is 0 Å². The highest BCUT2D eigenvalue weighted by Gasteiger charge is 2.37. The van der Waals surface area contributed by atoms with Gasteiger partial charge < -0.3 is 9.64 Å². The first-order valence-corrected chi connectivity index (χ1v) is 9.43. The van der Waals surface area contributed by atoms with Crippen molar-refractivity contribution in [3.05, 3.63) is 70.4 Å². The average molecular weight is 398 g/mol. The van der Waals surface area contributed by atoms with Crippen molar-refractivity contribution in [2.75, 3.05) is 18.6 Å². The third-order valence-electron chi connectivity index (χ3n) is 4.93. The van der Waals surface area contributed by atoms with Crippen molar-refractivity contribution in [2.45, 2.75) is 26.2 Å². The van der Waals surface area contributed by atoms with Crippen LogP contribution in [0.3, 0.4) is 0 Å². The number of para-hydroxylation sites is 1. The quantitative estimate of drug-likeness (QED) is 0.599. The number of halogens is 1. The molecule has 1 amide bonds. The Kier molecular flexibility index (Phi) is 5.75. The molecule has 0 aromatic heterocycles. The number of nitrogens with one attached hydrogen (secondary N) is 1. The maximum Gasteiger partial charge on any atom is 0.277 e. The number of ether oxygens (including phenoxy) is 1. The standard InChI is InChI=1S/C22H24ClN3O2/c1-15-13-16(23)9-10-19(15)28-14-21(27)25-24-12-11-20-22(2,3)17-7-5-6-8-18(17)26(20)4/h5-13H,14H2,1-4H3,(H,25,27)/b20-11+,24-12?. The van der Waals surface area contributed by atoms with Gasteiger partial charge in [0.05, 0.1) is 0 Å². The van der Waals surface area contributed by atoms with E-state index in [2.05, 4.69) is 41.4 Å². The highest BCUT2D eigenvalue weighted by atomic mass is 35.5. The minimum absolute atomic E-state index is 0.118. The molecule has 0 unspecified atom stereocenters. The van der Waals surface area contributed by atoms with Gasteiger partial charge in [-0.15, -0.1) is 0 Å². The van der Waals surface area contributed by atoms with Gasteiger partial charge in [0.1, 0.15) is 5.75 Å². The number of anilines is 1. The van der Waals surface area contributed by atoms with Crippen LogP contribution in [0.4, 0.5) is 5.69 Å². The van der Waals surface area contributed by atoms with Gasteiger partial charge in [-0.25, -0.2) is 5.43 Å². The lowest BCUT2D eigenvalue weighted by atomic mass is 9.84. The Morgan fingerprint density at radius 1 is 1.29 bits per heavy atom. The van der Waals surface area contributed by atoms with Crippen LogP contribution in [-0.2, 0) is 10.2 Å². The molecule has 1 aliphatic heterocycles. The summed E-state index contributed by atoms with van der Waals surface area (Å²) in [6.45, 7) is 6.11. The van der Waals surface area contributed by atoms with Crippen molar-refractivity contribution < 1.29 is 9.53 Å². The number of nitrogens with zero attached hydrogens (tertiary/aromatic N) is 2. The molecule has 0 radical (unpaired) electrons. The van der Waals surface area contributed by atoms with Crippen LogP contribution in [0.25, 0.3) is 0 Å². The molecule has 0 saturated heterocycles. The highest BCUT2D eigenvalue weighted by molar-refractivity contribution is 6.30. The number of likely N-dealkylation sites (N-methyl/N-ethyl adjacent to an activating group) is 1. The Bertz CT molecular complexity index is 951. The van der Waals surface area contributed by atoms with Crippen LogP contribution in [0.15, 0.2) is 59.3 Å². The monoisotopic (exact) mass is 397 g/mol. The molecule has 0 fully saturated rings. The number of hydrogen-bond acceptors (Lipinski definition) is 4. The summed E-state index contributed by atoms with van der Waals surface area (Å²) in [6.07, 6.45) is 3.52. The van der Waals surface area contributed by atoms with Gasteiger partial charge in [-0.3, -0.25) is 4.79 Å². The molecule has 3 rings (SSSR count). The van der Waals surface area contributed by atoms with Crippen LogP contribution in [0, 0.1) is 6.92 Å². The third-order valence-corrected chi connectivity index (χ3v) is 5.17. The molecule has 1 aliphatic rings. The van der Waals surface area contributed by atoms with E-state index in [1.165, 1.54) is 11.3 Å². The Balaban J connectivity index is 1.58. The normalized spacial score (nSPS) is 16.5. The van der Waals surface area contributed by atoms with Gasteiger partial charge in [-0.1, -0.05) is 43.6 Å². The second-order valence-corrected chi connectivity index (χ2v) is 7.70. The fourth-order valence-corrected chi connectivity index (χ4v) is 3.70. The Hall–Kier alpha value is -2.79. The topological polar surface area (TPSA) is 53.9 Å². The zero-order valence-corrected chi connectivity index (χ0v) is 17.2. The van der Waals surface area contributed by atoms with Crippen molar-refractivity contribution in [1.29, 1.82) is 0 Å². The van der Waals surface area contributed by atoms with Gasteiger partial charge in [-0.2, -0.15) is 5.10 Å². The molecule has 146 valence electrons. The summed E-state index contributed by atoms with van der Waals surface area (Å²) in [4.78, 5) is 14.1. The Labute approximate surface area is 170 Å². The number of allylic oxidation sites excluding steroid dienone is 2. The number of fused-ring (bicyclic) bond motifs is 1. The lowest BCUT2D eigenvalue weighted by Crippen LogP contribution is -2.25. The minimum atomic E-state index is -0.327. The van der Waals surface area contributed by atoms with Crippen LogP contribution >= 0.6 is 11.6 Å². The molecule has 28 heavy (non-hydrogen) atoms. The van der Waals surface area contributed by atoms with Gasteiger partial charge in [0.15, 0.2) is 6.61 Å². The van der Waals surface area contributed by atoms with E-state index in [1.54, 1.807) is 24.4 Å². The third kappa shape index (κ3) is 4.04. The summed E-state index contributed by atoms with van der Waals surface area (Å²) in [7, 11) is 2.04. The van der Waals surface area contributed by atoms with Crippen LogP contribution in [-0.4, -0.2) is 25.8 Å². The number of hydrogen-bond donors (Lipinski definition) is 1. The zero-order chi connectivity index (χ0) is 20.3. The molecular weight excluding hydrogens is 374 g/mol. The zero-order valence-electron chi connectivity index (χ0n) is 16.5. The largest absolute Gasteiger partial charge is 0.483 e. The van der Waals surface area contributed by atoms with Gasteiger partial charge in [0, 0.05) is 35.1 Å². The summed E-state index contributed by atoms with van der Waals surface area (Å²) in [5, 5.41) is 4.65. The van der Waals surface area contributed by atoms with E-state index in [9.17, 15) is 4.79 Å². The molecule has 0 atom stereocenters. The molecule has 0 saturated carbocycles. The minimum Gasteiger partial charge on any atom is -0.483 e. The maximum atomic E-state index is 12.0. The average Bonchev–Trinajstić information content (AvgIpc) is 2.85. The molecular formula is C22H24ClN3O2. The van der Waals surface area contributed by atoms with Gasteiger partial charge in [0.25, 0.3) is 5.91 Å². The fraction of sp³-hybridized carbons (Fsp3) is 0.273. The molecule has 6 heteroatoms. The van der Waals surface area contributed by atoms with Crippen LogP contribution in [0.2, 0.25) is 5.02 Å². The predicted octanol–water partition coefficient (Wildman–Crippen LogP) is 4.44. The van der Waals surface area contributed by atoms with Crippen molar-refractivity contribution in [3.8, 4) is 5.75 Å². The first kappa shape index (κ1) is 20.0. The molecule has 0 bridgehead atoms. The summed E-state index contributed by atoms with van der Waals surface area (Å²) >= 11 is 5.92. The number of aryl methyl sites for hydroxylation is 1. The van der Waals surface area contributed by atoms with E-state index in [1.807, 2.05) is 32.2 Å². The second-order valence-electron chi connectivity index (χ2n) is 7.26. The van der Waals surface area contributed by atoms with E-state index in [0.717, 1.165) is 11.3 Å². The second kappa shape index (κ2) is 8.07. The van der Waals surface area contributed by atoms with E-state index >= 15 is 0 Å². The summed E-state index contributed by atoms with van der Waals surface area (Å²) in [5.74, 6) is 0.295. The molecule has 0 aliphatic carbocycles. The SMILES string of the molecule is Cc1cc(Cl)ccc1OCC(=O)NN=C/C=C1/N(C)c2ccccc2C1(C)C. The number of carbonyl (C=O) groups excluding carboxylic acids is 1. The van der Waals surface area contributed by atoms with E-state index in [4.69, 9.17) is 16.3 Å². The molecule has 0 spiro atoms. The fourth-order valence-electron chi connectivity index (χ4n) is 3.47. The number of carbonyl (C=O) groups is 1. The summed E-state index contributed by atoms with van der Waals surface area (Å²) in [6, 6.07) is 13.6. The van der Waals surface area contributed by atoms with E-state index in [0.29, 0.717) is 10.8 Å². The first-order chi connectivity index (χ1) is 13.3. The van der Waals surface area contributed by atoms with Crippen molar-refractivity contribution >= 4 is 29.4 Å². The Morgan fingerprint density at radius 3 is 2.75 bits per heavy atom. The maximum absolute atomic E-state index is 12.0. The molecule has 1 N–H and O–H groups in total. The van der Waals surface area contributed by atoms with Crippen LogP contribution < -0.4 is 15.1 Å². The molecule has 2 aromatic carbocycles. The molecule has 1 heterocycles. The number of hydrazone groups is 1. The molecule has 5 nitrogen and oxygen atoms in total. The van der Waals surface area contributed by atoms with E-state index < -0.39 is 0 Å². The summed E-state index contributed by atoms with van der Waals surface area (Å²) in [5.41, 5.74) is 6.80. The predicted molar refractivity (Wildman–Crippen MR) is 114 cm³/mol. The first-order valence-electron chi connectivity index (χ1n) is 9.05. The number of benzene rings is 2. The lowest BCUT2D eigenvalue weighted by molar-refractivity contribution is -0.123. The lowest BCUT2D eigenvalue weighted by Gasteiger charge is -2.23. The highest BCUT2D eigenvalue weighted by Crippen LogP contribution is 2.46. The van der Waals surface area contributed by atoms with Crippen molar-refractivity contribution in [2.24, 2.45) is 5.10 Å². The number of rotatable bonds is 5. The number of amides is 1. The Morgan fingerprint density at radius 2 is 2.04 bits per heavy atom. The van der Waals surface area contributed by atoms with E-state index in [-0.39, 0.29) is 17.9 Å². The van der Waals surface area contributed by atoms with Gasteiger partial charge in [-0.05, 0) is 48.4 Å². The summed E-state index contributed by atoms with van der Waals surface area (Å²) < 4.78 is 5.51. The van der Waals surface area contributed by atoms with Crippen LogP contribution in [0.5, 0.6) is 5.75 Å². The van der Waals surface area contributed by atoms with Crippen LogP contribution in [0.1, 0.15) is 25.0 Å². The van der Waals surface area contributed by atoms with Gasteiger partial charge >= 0.3 is 0 Å². The molecule has 2 aromatic rings. The van der Waals surface area contributed by atoms with Crippen molar-refractivity contribution in [1.82, 2.24) is 5.43 Å².